The van der Waals surface area contributed by atoms with Gasteiger partial charge in [-0.25, -0.2) is 43.2 Å². The molecule has 0 saturated carbocycles. The van der Waals surface area contributed by atoms with Crippen molar-refractivity contribution in [1.29, 1.82) is 0 Å². The summed E-state index contributed by atoms with van der Waals surface area (Å²) in [4.78, 5) is 75.3. The number of nitrogens with two attached hydrogens (primary N) is 3. The maximum absolute atomic E-state index is 12.6. The van der Waals surface area contributed by atoms with Gasteiger partial charge < -0.3 is 45.3 Å². The van der Waals surface area contributed by atoms with Crippen molar-refractivity contribution in [2.45, 2.75) is 45.3 Å². The summed E-state index contributed by atoms with van der Waals surface area (Å²) in [5, 5.41) is 29.9. The maximum Gasteiger partial charge on any atom is 0.498 e. The Kier molecular flexibility index (Phi) is 29.5. The van der Waals surface area contributed by atoms with Gasteiger partial charge in [-0.2, -0.15) is 35.7 Å². The molecule has 13 heterocycles. The van der Waals surface area contributed by atoms with Crippen LogP contribution in [0.5, 0.6) is 0 Å². The van der Waals surface area contributed by atoms with Gasteiger partial charge in [0.2, 0.25) is 6.41 Å². The molecule has 1 fully saturated rings. The Morgan fingerprint density at radius 2 is 1.01 bits per heavy atom. The molecule has 0 unspecified atom stereocenters. The fourth-order valence-corrected chi connectivity index (χ4v) is 13.2. The molecule has 2 aliphatic rings. The summed E-state index contributed by atoms with van der Waals surface area (Å²) in [6.45, 7) is 8.18. The standard InChI is InChI=1S/C12H12NO2P.C10H17BN2O2.C10H8ClN5.C10H9N5O.C7H7BrO2.2C6H4BrN3O.C6H7BrN2O2.CH3NO/c13-15-16(14,11-7-3-1-4-8-11)12-9-5-2-6-10-12;1-9(2)10(3,4)15-11(14-9)8-6-12-13(5)7-8;1-15-4-8(3-13-15)7-2-9-10(11)12-6-14-16(9)5-7;1-14-4-8(3-12-14)7-2-9-10(16)11-6-13-15(9)5-7;1-10-7(9)5-2-3-6(8)4-5;2*7-4-1-5-6(11)8-3-9-10(5)2-4;1-11-6(10)5-2-4(7)3-9(5)8;2-1-3/h1-10H,13H2;6-7H,1-5H3;2-6H,1H3;2-6H,1H3,(H,11,13,16);3-4H,2H2,1H3;2*1-3H,(H,8,9,11);2-3H,8H2,1H3;1H,(H2,2,3). The van der Waals surface area contributed by atoms with Gasteiger partial charge in [0.1, 0.15) is 53.1 Å². The van der Waals surface area contributed by atoms with Gasteiger partial charge in [-0.05, 0) is 143 Å². The number of aryl methyl sites for hydroxylation is 3. The Hall–Kier alpha value is -10.7. The molecule has 1 amide bonds. The highest BCUT2D eigenvalue weighted by atomic mass is 79.9. The Balaban J connectivity index is 0.000000157. The van der Waals surface area contributed by atoms with Crippen LogP contribution in [0.3, 0.4) is 0 Å². The SMILES string of the molecule is COC(=O)C1=CC(Br)=CC1.COC(=O)c1cc(Br)cn1N.Cn1cc(-c2cc3c(=O)[nH]cnn3c2)cn1.Cn1cc(-c2cc3c(Cl)ncnn3c2)cn1.Cn1cc(B2OC(C)(C)C(C)(C)O2)cn1.NC=O.NOP(=O)(c1ccccc1)c1ccccc1.O=c1[nH]cnn2cc(Br)cc12.O=c1[nH]cnn2cc(Br)cc12. The fourth-order valence-electron chi connectivity index (χ4n) is 9.65. The molecule has 568 valence electrons. The van der Waals surface area contributed by atoms with Gasteiger partial charge in [0.25, 0.3) is 24.0 Å². The molecule has 12 aromatic heterocycles. The Bertz CT molecular complexity index is 5580. The predicted octanol–water partition coefficient (Wildman–Crippen LogP) is 7.92. The van der Waals surface area contributed by atoms with E-state index < -0.39 is 13.3 Å². The van der Waals surface area contributed by atoms with Gasteiger partial charge >= 0.3 is 19.1 Å². The first kappa shape index (κ1) is 83.9. The zero-order chi connectivity index (χ0) is 79.3. The summed E-state index contributed by atoms with van der Waals surface area (Å²) in [5.41, 5.74) is 11.5. The number of nitrogen functional groups attached to an aromatic ring is 1. The third kappa shape index (κ3) is 22.2. The van der Waals surface area contributed by atoms with E-state index in [4.69, 9.17) is 42.1 Å². The summed E-state index contributed by atoms with van der Waals surface area (Å²) >= 11 is 18.9. The maximum atomic E-state index is 12.6. The van der Waals surface area contributed by atoms with E-state index in [9.17, 15) is 28.5 Å². The molecule has 41 heteroatoms. The molecule has 9 N–H and O–H groups in total. The Morgan fingerprint density at radius 1 is 0.587 bits per heavy atom. The van der Waals surface area contributed by atoms with E-state index >= 15 is 0 Å². The smallest absolute Gasteiger partial charge is 0.466 e. The van der Waals surface area contributed by atoms with Gasteiger partial charge in [-0.15, -0.1) is 0 Å². The molecule has 1 aliphatic carbocycles. The van der Waals surface area contributed by atoms with Crippen molar-refractivity contribution in [2.75, 3.05) is 20.1 Å². The summed E-state index contributed by atoms with van der Waals surface area (Å²) in [5.74, 6) is 9.92. The zero-order valence-electron chi connectivity index (χ0n) is 59.5. The lowest BCUT2D eigenvalue weighted by molar-refractivity contribution is -0.136. The molecule has 14 aromatic rings. The average molecular weight is 1790 g/mol. The first-order valence-electron chi connectivity index (χ1n) is 31.8. The lowest BCUT2D eigenvalue weighted by atomic mass is 9.82. The van der Waals surface area contributed by atoms with E-state index in [0.29, 0.717) is 50.0 Å². The molecule has 0 atom stereocenters. The number of amides is 1. The number of methoxy groups -OCH3 is 2. The van der Waals surface area contributed by atoms with E-state index in [1.165, 1.54) is 53.2 Å². The number of carbonyl (C=O) groups is 3. The third-order valence-corrected chi connectivity index (χ3v) is 20.1. The quantitative estimate of drug-likeness (QED) is 0.0210. The largest absolute Gasteiger partial charge is 0.498 e. The van der Waals surface area contributed by atoms with Crippen LogP contribution in [0.15, 0.2) is 234 Å². The molecule has 34 nitrogen and oxygen atoms in total. The topological polar surface area (TPSA) is 432 Å². The van der Waals surface area contributed by atoms with E-state index in [0.717, 1.165) is 51.1 Å². The van der Waals surface area contributed by atoms with Crippen molar-refractivity contribution in [3.8, 4) is 22.3 Å². The van der Waals surface area contributed by atoms with Crippen LogP contribution in [0.4, 0.5) is 0 Å². The second-order valence-corrected chi connectivity index (χ2v) is 30.1. The van der Waals surface area contributed by atoms with Crippen molar-refractivity contribution in [2.24, 2.45) is 32.8 Å². The molecular weight excluding hydrogens is 1710 g/mol. The summed E-state index contributed by atoms with van der Waals surface area (Å²) in [7, 11) is 4.88. The Labute approximate surface area is 658 Å². The van der Waals surface area contributed by atoms with E-state index in [1.807, 2.05) is 128 Å². The lowest BCUT2D eigenvalue weighted by Crippen LogP contribution is -2.41. The highest BCUT2D eigenvalue weighted by molar-refractivity contribution is 9.12. The predicted molar refractivity (Wildman–Crippen MR) is 425 cm³/mol. The van der Waals surface area contributed by atoms with Gasteiger partial charge in [0, 0.05) is 139 Å². The number of esters is 2. The number of nitrogens with one attached hydrogen (secondary N) is 3. The molecule has 1 saturated heterocycles. The van der Waals surface area contributed by atoms with Crippen LogP contribution in [0, 0.1) is 0 Å². The first-order chi connectivity index (χ1) is 51.9. The van der Waals surface area contributed by atoms with E-state index in [2.05, 4.69) is 135 Å². The Morgan fingerprint density at radius 3 is 1.38 bits per heavy atom. The molecule has 0 bridgehead atoms. The monoisotopic (exact) mass is 1780 g/mol. The van der Waals surface area contributed by atoms with Crippen molar-refractivity contribution >= 4 is 146 Å². The van der Waals surface area contributed by atoms with Gasteiger partial charge in [0.05, 0.1) is 37.8 Å². The molecule has 1 aliphatic heterocycles. The van der Waals surface area contributed by atoms with E-state index in [1.54, 1.807) is 115 Å². The summed E-state index contributed by atoms with van der Waals surface area (Å²) < 4.78 is 54.3. The number of ether oxygens (including phenoxy) is 2. The summed E-state index contributed by atoms with van der Waals surface area (Å²) in [6, 6.07) is 26.7. The third-order valence-electron chi connectivity index (χ3n) is 15.7. The molecule has 109 heavy (non-hydrogen) atoms. The number of hydrogen-bond acceptors (Lipinski definition) is 22. The number of halogens is 5. The first-order valence-corrected chi connectivity index (χ1v) is 37.0. The van der Waals surface area contributed by atoms with Crippen LogP contribution in [-0.2, 0) is 58.7 Å². The number of H-pyrrole nitrogens is 3. The minimum atomic E-state index is -3.13. The number of allylic oxidation sites excluding steroid dienone is 3. The van der Waals surface area contributed by atoms with Crippen molar-refractivity contribution in [1.82, 2.24) is 92.4 Å². The van der Waals surface area contributed by atoms with Crippen LogP contribution >= 0.6 is 82.7 Å². The number of rotatable bonds is 8. The minimum Gasteiger partial charge on any atom is -0.466 e. The highest BCUT2D eigenvalue weighted by Crippen LogP contribution is 2.42. The zero-order valence-corrected chi connectivity index (χ0v) is 67.5. The number of benzene rings is 2. The van der Waals surface area contributed by atoms with Gasteiger partial charge in [0.15, 0.2) is 5.15 Å². The van der Waals surface area contributed by atoms with Crippen LogP contribution in [-0.4, -0.2) is 143 Å². The van der Waals surface area contributed by atoms with E-state index in [-0.39, 0.29) is 47.4 Å². The number of hydrogen-bond donors (Lipinski definition) is 6. The molecule has 16 rings (SSSR count). The highest BCUT2D eigenvalue weighted by Gasteiger charge is 2.52. The number of primary amides is 1. The minimum absolute atomic E-state index is 0.134. The van der Waals surface area contributed by atoms with Crippen LogP contribution in [0.1, 0.15) is 44.6 Å². The molecule has 2 aromatic carbocycles. The number of nitrogens with zero attached hydrogens (tertiary/aromatic N) is 16. The second kappa shape index (κ2) is 38.4. The van der Waals surface area contributed by atoms with Gasteiger partial charge in [-0.1, -0.05) is 70.0 Å². The molecule has 0 spiro atoms. The lowest BCUT2D eigenvalue weighted by Gasteiger charge is -2.32. The fraction of sp³-hybridized carbons (Fsp3) is 0.176. The number of aromatic nitrogens is 19. The van der Waals surface area contributed by atoms with Crippen molar-refractivity contribution < 1.29 is 42.4 Å². The van der Waals surface area contributed by atoms with Crippen molar-refractivity contribution in [3.05, 3.63) is 262 Å². The number of fused-ring (bicyclic) bond motifs is 4. The second-order valence-electron chi connectivity index (χ2n) is 23.7. The molecular formula is C68H71BBr4ClN22O12P. The van der Waals surface area contributed by atoms with Crippen molar-refractivity contribution in [3.63, 3.8) is 0 Å². The molecule has 0 radical (unpaired) electrons. The van der Waals surface area contributed by atoms with Crippen LogP contribution in [0.2, 0.25) is 5.15 Å². The van der Waals surface area contributed by atoms with Crippen LogP contribution < -0.4 is 50.2 Å². The number of aromatic amines is 3. The summed E-state index contributed by atoms with van der Waals surface area (Å²) in [6.07, 6.45) is 30.0. The van der Waals surface area contributed by atoms with Gasteiger partial charge in [-0.3, -0.25) is 42.5 Å². The number of carbonyl (C=O) groups excluding carboxylic acids is 3. The normalized spacial score (nSPS) is 12.9. The van der Waals surface area contributed by atoms with Crippen LogP contribution in [0.25, 0.3) is 44.3 Å². The average Bonchev–Trinajstić information content (AvgIpc) is 1.60.